The topological polar surface area (TPSA) is 63.6 Å². The van der Waals surface area contributed by atoms with Gasteiger partial charge in [0, 0.05) is 0 Å². The summed E-state index contributed by atoms with van der Waals surface area (Å²) in [6.45, 7) is 7.44. The number of carboxylic acid groups (broad SMARTS) is 1. The van der Waals surface area contributed by atoms with E-state index in [0.29, 0.717) is 6.42 Å². The van der Waals surface area contributed by atoms with Crippen molar-refractivity contribution in [1.29, 1.82) is 0 Å². The fourth-order valence-electron chi connectivity index (χ4n) is 2.79. The number of hydrogen-bond donors (Lipinski definition) is 1. The molecule has 0 spiro atoms. The van der Waals surface area contributed by atoms with E-state index in [-0.39, 0.29) is 10.5 Å². The highest BCUT2D eigenvalue weighted by atomic mass is 32.2. The summed E-state index contributed by atoms with van der Waals surface area (Å²) >= 11 is 0. The van der Waals surface area contributed by atoms with Crippen LogP contribution >= 0.6 is 0 Å². The Morgan fingerprint density at radius 2 is 2.00 bits per heavy atom. The molecule has 1 heterocycles. The second kappa shape index (κ2) is 5.18. The lowest BCUT2D eigenvalue weighted by Gasteiger charge is -2.26. The molecule has 2 unspecified atom stereocenters. The number of aromatic carboxylic acids is 1. The average molecular weight is 314 g/mol. The molecule has 2 rings (SSSR count). The lowest BCUT2D eigenvalue weighted by molar-refractivity contribution is -0.0633. The summed E-state index contributed by atoms with van der Waals surface area (Å²) in [4.78, 5) is 10.9. The molecule has 2 atom stereocenters. The van der Waals surface area contributed by atoms with Gasteiger partial charge in [-0.05, 0) is 52.3 Å². The third-order valence-electron chi connectivity index (χ3n) is 3.65. The predicted molar refractivity (Wildman–Crippen MR) is 77.4 cm³/mol. The van der Waals surface area contributed by atoms with E-state index in [0.717, 1.165) is 12.1 Å². The van der Waals surface area contributed by atoms with Gasteiger partial charge in [0.05, 0.1) is 37.7 Å². The number of rotatable bonds is 3. The predicted octanol–water partition coefficient (Wildman–Crippen LogP) is 2.98. The van der Waals surface area contributed by atoms with Gasteiger partial charge in [-0.2, -0.15) is 0 Å². The van der Waals surface area contributed by atoms with Gasteiger partial charge in [-0.3, -0.25) is 4.21 Å². The maximum atomic E-state index is 14.0. The standard InChI is InChI=1S/C15H19FO4S/c1-14(2)8-12(15(3,4)20-14)21(19)11-7-9(13(17)18)5-6-10(11)16/h5-7,12H,8H2,1-4H3,(H,17,18). The molecule has 1 aliphatic rings. The molecule has 0 bridgehead atoms. The number of benzene rings is 1. The van der Waals surface area contributed by atoms with Crippen molar-refractivity contribution in [2.45, 2.75) is 55.5 Å². The highest BCUT2D eigenvalue weighted by molar-refractivity contribution is 7.85. The molecule has 1 N–H and O–H groups in total. The summed E-state index contributed by atoms with van der Waals surface area (Å²) in [5, 5.41) is 8.59. The minimum atomic E-state index is -1.68. The van der Waals surface area contributed by atoms with Crippen molar-refractivity contribution in [1.82, 2.24) is 0 Å². The van der Waals surface area contributed by atoms with Crippen LogP contribution in [0.1, 0.15) is 44.5 Å². The van der Waals surface area contributed by atoms with Crippen LogP contribution in [0.25, 0.3) is 0 Å². The molecule has 6 heteroatoms. The van der Waals surface area contributed by atoms with Crippen molar-refractivity contribution in [3.05, 3.63) is 29.6 Å². The lowest BCUT2D eigenvalue weighted by Crippen LogP contribution is -2.36. The van der Waals surface area contributed by atoms with Crippen molar-refractivity contribution < 1.29 is 23.2 Å². The van der Waals surface area contributed by atoms with Gasteiger partial charge in [0.25, 0.3) is 0 Å². The fraction of sp³-hybridized carbons (Fsp3) is 0.533. The minimum Gasteiger partial charge on any atom is -0.478 e. The van der Waals surface area contributed by atoms with Crippen LogP contribution < -0.4 is 0 Å². The Bertz CT molecular complexity index is 610. The van der Waals surface area contributed by atoms with E-state index in [4.69, 9.17) is 9.84 Å². The first-order valence-electron chi connectivity index (χ1n) is 6.67. The van der Waals surface area contributed by atoms with Gasteiger partial charge in [-0.1, -0.05) is 0 Å². The van der Waals surface area contributed by atoms with Crippen LogP contribution in [0, 0.1) is 5.82 Å². The molecule has 1 fully saturated rings. The van der Waals surface area contributed by atoms with Crippen LogP contribution in [0.2, 0.25) is 0 Å². The Labute approximate surface area is 125 Å². The maximum absolute atomic E-state index is 14.0. The van der Waals surface area contributed by atoms with Gasteiger partial charge >= 0.3 is 5.97 Å². The molecule has 1 saturated heterocycles. The number of hydrogen-bond acceptors (Lipinski definition) is 3. The van der Waals surface area contributed by atoms with Crippen molar-refractivity contribution in [2.24, 2.45) is 0 Å². The van der Waals surface area contributed by atoms with E-state index in [1.165, 1.54) is 6.07 Å². The highest BCUT2D eigenvalue weighted by Crippen LogP contribution is 2.41. The Morgan fingerprint density at radius 3 is 2.48 bits per heavy atom. The molecule has 1 aromatic rings. The van der Waals surface area contributed by atoms with E-state index in [2.05, 4.69) is 0 Å². The first-order valence-corrected chi connectivity index (χ1v) is 7.88. The molecule has 0 aliphatic carbocycles. The van der Waals surface area contributed by atoms with Gasteiger partial charge in [0.1, 0.15) is 5.82 Å². The second-order valence-corrected chi connectivity index (χ2v) is 8.01. The first kappa shape index (κ1) is 16.1. The molecule has 1 aromatic carbocycles. The molecule has 0 amide bonds. The molecule has 4 nitrogen and oxygen atoms in total. The summed E-state index contributed by atoms with van der Waals surface area (Å²) in [5.74, 6) is -1.82. The van der Waals surface area contributed by atoms with Crippen LogP contribution in [0.4, 0.5) is 4.39 Å². The number of carbonyl (C=O) groups is 1. The van der Waals surface area contributed by atoms with Crippen molar-refractivity contribution >= 4 is 16.8 Å². The van der Waals surface area contributed by atoms with Crippen molar-refractivity contribution in [3.63, 3.8) is 0 Å². The van der Waals surface area contributed by atoms with Gasteiger partial charge in [0.2, 0.25) is 0 Å². The molecular formula is C15H19FO4S. The van der Waals surface area contributed by atoms with Crippen molar-refractivity contribution in [2.75, 3.05) is 0 Å². The molecule has 21 heavy (non-hydrogen) atoms. The molecule has 0 saturated carbocycles. The maximum Gasteiger partial charge on any atom is 0.335 e. The molecule has 1 aliphatic heterocycles. The van der Waals surface area contributed by atoms with Crippen LogP contribution in [-0.2, 0) is 15.5 Å². The zero-order valence-electron chi connectivity index (χ0n) is 12.5. The number of carboxylic acids is 1. The fourth-order valence-corrected chi connectivity index (χ4v) is 4.72. The van der Waals surface area contributed by atoms with Crippen molar-refractivity contribution in [3.8, 4) is 0 Å². The highest BCUT2D eigenvalue weighted by Gasteiger charge is 2.49. The average Bonchev–Trinajstić information content (AvgIpc) is 2.56. The van der Waals surface area contributed by atoms with E-state index in [1.54, 1.807) is 0 Å². The smallest absolute Gasteiger partial charge is 0.335 e. The van der Waals surface area contributed by atoms with Gasteiger partial charge in [-0.15, -0.1) is 0 Å². The van der Waals surface area contributed by atoms with E-state index in [9.17, 15) is 13.4 Å². The SMILES string of the molecule is CC1(C)CC(S(=O)c2cc(C(=O)O)ccc2F)C(C)(C)O1. The monoisotopic (exact) mass is 314 g/mol. The van der Waals surface area contributed by atoms with Gasteiger partial charge in [0.15, 0.2) is 0 Å². The van der Waals surface area contributed by atoms with E-state index in [1.807, 2.05) is 27.7 Å². The quantitative estimate of drug-likeness (QED) is 0.931. The Morgan fingerprint density at radius 1 is 1.38 bits per heavy atom. The largest absolute Gasteiger partial charge is 0.478 e. The first-order chi connectivity index (χ1) is 9.53. The summed E-state index contributed by atoms with van der Waals surface area (Å²) in [6.07, 6.45) is 0.517. The third-order valence-corrected chi connectivity index (χ3v) is 5.64. The van der Waals surface area contributed by atoms with Gasteiger partial charge < -0.3 is 9.84 Å². The molecular weight excluding hydrogens is 295 g/mol. The molecule has 0 aromatic heterocycles. The second-order valence-electron chi connectivity index (χ2n) is 6.41. The van der Waals surface area contributed by atoms with Crippen LogP contribution in [-0.4, -0.2) is 31.7 Å². The third kappa shape index (κ3) is 3.16. The summed E-state index contributed by atoms with van der Waals surface area (Å²) in [6, 6.07) is 3.36. The Hall–Kier alpha value is -1.27. The summed E-state index contributed by atoms with van der Waals surface area (Å²) < 4.78 is 32.6. The van der Waals surface area contributed by atoms with Crippen LogP contribution in [0.15, 0.2) is 23.1 Å². The molecule has 0 radical (unpaired) electrons. The zero-order valence-corrected chi connectivity index (χ0v) is 13.3. The number of halogens is 1. The molecule has 116 valence electrons. The normalized spacial score (nSPS) is 24.7. The Balaban J connectivity index is 2.41. The summed E-state index contributed by atoms with van der Waals surface area (Å²) in [5.41, 5.74) is -1.18. The Kier molecular flexibility index (Phi) is 3.97. The van der Waals surface area contributed by atoms with E-state index >= 15 is 0 Å². The van der Waals surface area contributed by atoms with Crippen LogP contribution in [0.3, 0.4) is 0 Å². The van der Waals surface area contributed by atoms with Crippen LogP contribution in [0.5, 0.6) is 0 Å². The zero-order chi connectivity index (χ0) is 16.0. The minimum absolute atomic E-state index is 0.0734. The lowest BCUT2D eigenvalue weighted by atomic mass is 10.0. The summed E-state index contributed by atoms with van der Waals surface area (Å²) in [7, 11) is -1.68. The van der Waals surface area contributed by atoms with E-state index < -0.39 is 39.0 Å². The number of ether oxygens (including phenoxy) is 1. The van der Waals surface area contributed by atoms with Gasteiger partial charge in [-0.25, -0.2) is 9.18 Å².